The standard InChI is InChI=1S/C16H13NO2S/c1-19-16(18)14-8-11-13(20-14)7-6-10-9-4-2-3-5-12(9)17-15(10)11/h2-5,8,17H,6-7H2,1H3. The number of esters is 1. The molecular formula is C16H13NO2S. The van der Waals surface area contributed by atoms with Gasteiger partial charge in [-0.3, -0.25) is 0 Å². The summed E-state index contributed by atoms with van der Waals surface area (Å²) < 4.78 is 4.82. The average molecular weight is 283 g/mol. The molecule has 4 rings (SSSR count). The van der Waals surface area contributed by atoms with Gasteiger partial charge in [0.25, 0.3) is 0 Å². The van der Waals surface area contributed by atoms with E-state index >= 15 is 0 Å². The predicted molar refractivity (Wildman–Crippen MR) is 80.4 cm³/mol. The number of ether oxygens (including phenoxy) is 1. The molecule has 0 unspecified atom stereocenters. The number of carbonyl (C=O) groups is 1. The van der Waals surface area contributed by atoms with Crippen molar-refractivity contribution in [3.05, 3.63) is 45.6 Å². The van der Waals surface area contributed by atoms with Crippen molar-refractivity contribution in [1.29, 1.82) is 0 Å². The van der Waals surface area contributed by atoms with Gasteiger partial charge >= 0.3 is 5.97 Å². The van der Waals surface area contributed by atoms with Crippen LogP contribution < -0.4 is 0 Å². The number of H-pyrrole nitrogens is 1. The van der Waals surface area contributed by atoms with Crippen LogP contribution in [0.15, 0.2) is 30.3 Å². The van der Waals surface area contributed by atoms with Crippen LogP contribution in [0.5, 0.6) is 0 Å². The first-order chi connectivity index (χ1) is 9.78. The van der Waals surface area contributed by atoms with E-state index in [1.165, 1.54) is 28.6 Å². The minimum atomic E-state index is -0.248. The van der Waals surface area contributed by atoms with Crippen molar-refractivity contribution < 1.29 is 9.53 Å². The van der Waals surface area contributed by atoms with E-state index in [0.29, 0.717) is 4.88 Å². The Morgan fingerprint density at radius 1 is 1.30 bits per heavy atom. The summed E-state index contributed by atoms with van der Waals surface area (Å²) in [6.45, 7) is 0. The molecule has 0 saturated heterocycles. The van der Waals surface area contributed by atoms with E-state index in [-0.39, 0.29) is 5.97 Å². The van der Waals surface area contributed by atoms with Crippen molar-refractivity contribution in [3.8, 4) is 11.3 Å². The van der Waals surface area contributed by atoms with E-state index in [4.69, 9.17) is 4.74 Å². The molecule has 0 bridgehead atoms. The number of hydrogen-bond donors (Lipinski definition) is 1. The summed E-state index contributed by atoms with van der Waals surface area (Å²) in [6, 6.07) is 10.3. The molecule has 0 fully saturated rings. The van der Waals surface area contributed by atoms with E-state index in [0.717, 1.165) is 23.9 Å². The molecule has 0 saturated carbocycles. The van der Waals surface area contributed by atoms with Gasteiger partial charge in [-0.25, -0.2) is 4.79 Å². The van der Waals surface area contributed by atoms with Gasteiger partial charge in [-0.05, 0) is 30.5 Å². The number of thiophene rings is 1. The fourth-order valence-corrected chi connectivity index (χ4v) is 4.04. The molecule has 4 heteroatoms. The van der Waals surface area contributed by atoms with Gasteiger partial charge in [0, 0.05) is 21.3 Å². The van der Waals surface area contributed by atoms with Crippen LogP contribution >= 0.6 is 11.3 Å². The van der Waals surface area contributed by atoms with E-state index in [1.54, 1.807) is 11.3 Å². The lowest BCUT2D eigenvalue weighted by atomic mass is 9.95. The zero-order valence-electron chi connectivity index (χ0n) is 11.0. The molecule has 20 heavy (non-hydrogen) atoms. The lowest BCUT2D eigenvalue weighted by molar-refractivity contribution is 0.0606. The number of para-hydroxylation sites is 1. The number of rotatable bonds is 1. The van der Waals surface area contributed by atoms with Crippen molar-refractivity contribution in [3.63, 3.8) is 0 Å². The number of fused-ring (bicyclic) bond motifs is 5. The van der Waals surface area contributed by atoms with Gasteiger partial charge in [0.2, 0.25) is 0 Å². The number of aromatic amines is 1. The summed E-state index contributed by atoms with van der Waals surface area (Å²) >= 11 is 1.55. The molecule has 2 aromatic heterocycles. The Hall–Kier alpha value is -2.07. The second-order valence-corrected chi connectivity index (χ2v) is 6.10. The van der Waals surface area contributed by atoms with Crippen LogP contribution in [-0.4, -0.2) is 18.1 Å². The minimum absolute atomic E-state index is 0.248. The van der Waals surface area contributed by atoms with Crippen molar-refractivity contribution >= 4 is 28.2 Å². The number of hydrogen-bond acceptors (Lipinski definition) is 3. The highest BCUT2D eigenvalue weighted by Gasteiger charge is 2.24. The highest BCUT2D eigenvalue weighted by atomic mass is 32.1. The molecule has 0 radical (unpaired) electrons. The van der Waals surface area contributed by atoms with Gasteiger partial charge < -0.3 is 9.72 Å². The Kier molecular flexibility index (Phi) is 2.47. The zero-order valence-corrected chi connectivity index (χ0v) is 11.8. The Morgan fingerprint density at radius 3 is 3.00 bits per heavy atom. The van der Waals surface area contributed by atoms with Crippen molar-refractivity contribution in [2.75, 3.05) is 7.11 Å². The molecule has 1 aromatic carbocycles. The summed E-state index contributed by atoms with van der Waals surface area (Å²) in [6.07, 6.45) is 2.01. The number of benzene rings is 1. The summed E-state index contributed by atoms with van der Waals surface area (Å²) in [5.74, 6) is -0.248. The molecule has 0 amide bonds. The molecule has 100 valence electrons. The number of methoxy groups -OCH3 is 1. The molecule has 1 aliphatic rings. The SMILES string of the molecule is COC(=O)c1cc2c(s1)CCc1c-2[nH]c2ccccc12. The highest BCUT2D eigenvalue weighted by molar-refractivity contribution is 7.14. The lowest BCUT2D eigenvalue weighted by Crippen LogP contribution is -1.98. The summed E-state index contributed by atoms with van der Waals surface area (Å²) in [4.78, 5) is 17.1. The number of aromatic nitrogens is 1. The van der Waals surface area contributed by atoms with Crippen LogP contribution in [0.3, 0.4) is 0 Å². The normalized spacial score (nSPS) is 13.1. The molecule has 2 heterocycles. The Morgan fingerprint density at radius 2 is 2.15 bits per heavy atom. The monoisotopic (exact) mass is 283 g/mol. The van der Waals surface area contributed by atoms with Crippen LogP contribution in [0, 0.1) is 0 Å². The topological polar surface area (TPSA) is 42.1 Å². The van der Waals surface area contributed by atoms with E-state index in [2.05, 4.69) is 23.2 Å². The van der Waals surface area contributed by atoms with Gasteiger partial charge in [0.15, 0.2) is 0 Å². The van der Waals surface area contributed by atoms with Crippen LogP contribution in [0.1, 0.15) is 20.1 Å². The second kappa shape index (κ2) is 4.21. The Labute approximate surface area is 120 Å². The van der Waals surface area contributed by atoms with E-state index < -0.39 is 0 Å². The van der Waals surface area contributed by atoms with Crippen molar-refractivity contribution in [2.24, 2.45) is 0 Å². The first kappa shape index (κ1) is 11.7. The zero-order chi connectivity index (χ0) is 13.7. The maximum absolute atomic E-state index is 11.7. The second-order valence-electron chi connectivity index (χ2n) is 4.96. The summed E-state index contributed by atoms with van der Waals surface area (Å²) in [5.41, 5.74) is 4.85. The first-order valence-electron chi connectivity index (χ1n) is 6.59. The predicted octanol–water partition coefficient (Wildman–Crippen LogP) is 3.78. The van der Waals surface area contributed by atoms with Crippen LogP contribution in [0.25, 0.3) is 22.2 Å². The van der Waals surface area contributed by atoms with Gasteiger partial charge in [-0.1, -0.05) is 18.2 Å². The third kappa shape index (κ3) is 1.55. The molecule has 3 nitrogen and oxygen atoms in total. The fourth-order valence-electron chi connectivity index (χ4n) is 2.96. The van der Waals surface area contributed by atoms with E-state index in [9.17, 15) is 4.79 Å². The number of aryl methyl sites for hydroxylation is 2. The summed E-state index contributed by atoms with van der Waals surface area (Å²) in [7, 11) is 1.43. The number of nitrogens with one attached hydrogen (secondary N) is 1. The van der Waals surface area contributed by atoms with Gasteiger partial charge in [0.1, 0.15) is 4.88 Å². The fraction of sp³-hybridized carbons (Fsp3) is 0.188. The van der Waals surface area contributed by atoms with Crippen molar-refractivity contribution in [1.82, 2.24) is 4.98 Å². The number of carbonyl (C=O) groups excluding carboxylic acids is 1. The molecule has 1 N–H and O–H groups in total. The quantitative estimate of drug-likeness (QED) is 0.691. The third-order valence-corrected chi connectivity index (χ3v) is 5.06. The molecule has 0 aliphatic heterocycles. The average Bonchev–Trinajstić information content (AvgIpc) is 3.07. The lowest BCUT2D eigenvalue weighted by Gasteiger charge is -2.11. The molecule has 0 spiro atoms. The van der Waals surface area contributed by atoms with Crippen molar-refractivity contribution in [2.45, 2.75) is 12.8 Å². The Bertz CT molecular complexity index is 828. The maximum Gasteiger partial charge on any atom is 0.348 e. The minimum Gasteiger partial charge on any atom is -0.465 e. The summed E-state index contributed by atoms with van der Waals surface area (Å²) in [5, 5.41) is 1.29. The third-order valence-electron chi connectivity index (χ3n) is 3.88. The highest BCUT2D eigenvalue weighted by Crippen LogP contribution is 2.41. The molecular weight excluding hydrogens is 270 g/mol. The van der Waals surface area contributed by atoms with E-state index in [1.807, 2.05) is 12.1 Å². The smallest absolute Gasteiger partial charge is 0.348 e. The van der Waals surface area contributed by atoms with Crippen LogP contribution in [-0.2, 0) is 17.6 Å². The largest absolute Gasteiger partial charge is 0.465 e. The van der Waals surface area contributed by atoms with Gasteiger partial charge in [-0.2, -0.15) is 0 Å². The van der Waals surface area contributed by atoms with Gasteiger partial charge in [0.05, 0.1) is 12.8 Å². The molecule has 0 atom stereocenters. The molecule has 3 aromatic rings. The van der Waals surface area contributed by atoms with Crippen LogP contribution in [0.4, 0.5) is 0 Å². The van der Waals surface area contributed by atoms with Crippen LogP contribution in [0.2, 0.25) is 0 Å². The first-order valence-corrected chi connectivity index (χ1v) is 7.40. The Balaban J connectivity index is 1.94. The molecule has 1 aliphatic carbocycles. The maximum atomic E-state index is 11.7. The van der Waals surface area contributed by atoms with Gasteiger partial charge in [-0.15, -0.1) is 11.3 Å².